The summed E-state index contributed by atoms with van der Waals surface area (Å²) in [5, 5.41) is 14.2. The van der Waals surface area contributed by atoms with Gasteiger partial charge in [0.1, 0.15) is 5.75 Å². The van der Waals surface area contributed by atoms with Crippen LogP contribution in [0.2, 0.25) is 10.0 Å². The van der Waals surface area contributed by atoms with Crippen LogP contribution in [0.1, 0.15) is 30.0 Å². The highest BCUT2D eigenvalue weighted by Gasteiger charge is 2.09. The average Bonchev–Trinajstić information content (AvgIpc) is 2.72. The number of carbonyl (C=O) groups excluding carboxylic acids is 1. The Bertz CT molecular complexity index is 1120. The Balaban J connectivity index is 1.84. The molecule has 3 rings (SSSR count). The van der Waals surface area contributed by atoms with E-state index in [2.05, 4.69) is 26.2 Å². The topological polar surface area (TPSA) is 61.7 Å². The van der Waals surface area contributed by atoms with Crippen LogP contribution < -0.4 is 5.32 Å². The number of nitrogens with one attached hydrogen (secondary N) is 1. The second kappa shape index (κ2) is 10.1. The predicted molar refractivity (Wildman–Crippen MR) is 128 cm³/mol. The highest BCUT2D eigenvalue weighted by molar-refractivity contribution is 9.10. The number of hydrogen-bond acceptors (Lipinski definition) is 3. The Hall–Kier alpha value is -2.34. The van der Waals surface area contributed by atoms with Gasteiger partial charge in [-0.1, -0.05) is 48.3 Å². The largest absolute Gasteiger partial charge is 0.506 e. The lowest BCUT2D eigenvalue weighted by Gasteiger charge is -2.09. The zero-order valence-corrected chi connectivity index (χ0v) is 19.2. The quantitative estimate of drug-likeness (QED) is 0.349. The summed E-state index contributed by atoms with van der Waals surface area (Å²) in [7, 11) is 0. The van der Waals surface area contributed by atoms with Crippen molar-refractivity contribution < 1.29 is 9.90 Å². The Kier molecular flexibility index (Phi) is 7.53. The van der Waals surface area contributed by atoms with Gasteiger partial charge in [-0.05, 0) is 69.9 Å². The number of aliphatic imine (C=N–C) groups is 1. The van der Waals surface area contributed by atoms with E-state index < -0.39 is 0 Å². The number of phenolic OH excluding ortho intramolecular Hbond substituents is 1. The van der Waals surface area contributed by atoms with Crippen molar-refractivity contribution in [2.75, 3.05) is 5.32 Å². The fourth-order valence-electron chi connectivity index (χ4n) is 2.81. The second-order valence-electron chi connectivity index (χ2n) is 6.61. The number of anilines is 1. The number of aromatic hydroxyl groups is 1. The molecule has 0 bridgehead atoms. The third kappa shape index (κ3) is 5.63. The monoisotopic (exact) mass is 504 g/mol. The van der Waals surface area contributed by atoms with E-state index in [1.807, 2.05) is 36.4 Å². The molecule has 0 aromatic heterocycles. The molecule has 0 saturated heterocycles. The molecule has 3 aromatic carbocycles. The van der Waals surface area contributed by atoms with Crippen LogP contribution in [0.5, 0.6) is 5.75 Å². The first-order valence-electron chi connectivity index (χ1n) is 9.25. The number of hydrogen-bond donors (Lipinski definition) is 2. The molecular weight excluding hydrogens is 487 g/mol. The van der Waals surface area contributed by atoms with Gasteiger partial charge >= 0.3 is 0 Å². The summed E-state index contributed by atoms with van der Waals surface area (Å²) in [6.07, 6.45) is 2.57. The molecule has 0 atom stereocenters. The van der Waals surface area contributed by atoms with Crippen molar-refractivity contribution in [1.82, 2.24) is 0 Å². The minimum atomic E-state index is -0.113. The molecule has 4 nitrogen and oxygen atoms in total. The van der Waals surface area contributed by atoms with Gasteiger partial charge in [-0.2, -0.15) is 0 Å². The Morgan fingerprint density at radius 1 is 1.13 bits per heavy atom. The zero-order valence-electron chi connectivity index (χ0n) is 16.1. The first kappa shape index (κ1) is 22.3. The third-order valence-corrected chi connectivity index (χ3v) is 5.69. The number of halogens is 3. The molecule has 0 spiro atoms. The molecule has 0 radical (unpaired) electrons. The van der Waals surface area contributed by atoms with Crippen molar-refractivity contribution in [2.45, 2.75) is 19.8 Å². The van der Waals surface area contributed by atoms with Crippen molar-refractivity contribution in [1.29, 1.82) is 0 Å². The van der Waals surface area contributed by atoms with Crippen molar-refractivity contribution in [3.63, 3.8) is 0 Å². The SMILES string of the molecule is CCC(=O)Nc1ccc(N=Cc2cc(Cc3ccccc3Cl)cc(Br)c2O)cc1Cl. The van der Waals surface area contributed by atoms with E-state index in [-0.39, 0.29) is 11.7 Å². The zero-order chi connectivity index (χ0) is 21.7. The maximum atomic E-state index is 11.5. The molecule has 30 heavy (non-hydrogen) atoms. The lowest BCUT2D eigenvalue weighted by Crippen LogP contribution is -2.09. The number of amides is 1. The number of carbonyl (C=O) groups is 1. The maximum absolute atomic E-state index is 11.5. The molecule has 0 unspecified atom stereocenters. The highest BCUT2D eigenvalue weighted by Crippen LogP contribution is 2.32. The summed E-state index contributed by atoms with van der Waals surface area (Å²) in [6.45, 7) is 1.77. The average molecular weight is 506 g/mol. The molecule has 0 aliphatic rings. The number of nitrogens with zero attached hydrogens (tertiary/aromatic N) is 1. The van der Waals surface area contributed by atoms with E-state index in [1.165, 1.54) is 0 Å². The molecule has 0 saturated carbocycles. The van der Waals surface area contributed by atoms with Gasteiger partial charge in [-0.15, -0.1) is 0 Å². The number of benzene rings is 3. The Morgan fingerprint density at radius 2 is 1.90 bits per heavy atom. The summed E-state index contributed by atoms with van der Waals surface area (Å²) in [4.78, 5) is 16.0. The van der Waals surface area contributed by atoms with E-state index in [9.17, 15) is 9.90 Å². The van der Waals surface area contributed by atoms with Crippen LogP contribution in [-0.2, 0) is 11.2 Å². The fourth-order valence-corrected chi connectivity index (χ4v) is 3.76. The van der Waals surface area contributed by atoms with Crippen LogP contribution in [0.4, 0.5) is 11.4 Å². The normalized spacial score (nSPS) is 11.1. The second-order valence-corrected chi connectivity index (χ2v) is 8.28. The summed E-state index contributed by atoms with van der Waals surface area (Å²) in [5.41, 5.74) is 3.67. The fraction of sp³-hybridized carbons (Fsp3) is 0.130. The van der Waals surface area contributed by atoms with Gasteiger partial charge in [0.2, 0.25) is 5.91 Å². The molecule has 3 aromatic rings. The lowest BCUT2D eigenvalue weighted by atomic mass is 10.0. The van der Waals surface area contributed by atoms with Crippen LogP contribution in [0.15, 0.2) is 64.1 Å². The first-order valence-corrected chi connectivity index (χ1v) is 10.8. The van der Waals surface area contributed by atoms with Crippen LogP contribution in [-0.4, -0.2) is 17.2 Å². The Morgan fingerprint density at radius 3 is 2.60 bits per heavy atom. The first-order chi connectivity index (χ1) is 14.4. The van der Waals surface area contributed by atoms with E-state index in [0.29, 0.717) is 44.3 Å². The summed E-state index contributed by atoms with van der Waals surface area (Å²) in [6, 6.07) is 16.5. The minimum absolute atomic E-state index is 0.0968. The van der Waals surface area contributed by atoms with Gasteiger partial charge in [-0.3, -0.25) is 9.79 Å². The van der Waals surface area contributed by atoms with Crippen LogP contribution in [0.25, 0.3) is 0 Å². The van der Waals surface area contributed by atoms with Crippen molar-refractivity contribution in [3.8, 4) is 5.75 Å². The van der Waals surface area contributed by atoms with Gasteiger partial charge < -0.3 is 10.4 Å². The molecule has 0 fully saturated rings. The number of rotatable bonds is 6. The third-order valence-electron chi connectivity index (χ3n) is 4.41. The van der Waals surface area contributed by atoms with Gasteiger partial charge in [0.25, 0.3) is 0 Å². The Labute approximate surface area is 193 Å². The molecule has 1 amide bonds. The van der Waals surface area contributed by atoms with E-state index in [0.717, 1.165) is 11.1 Å². The molecule has 154 valence electrons. The van der Waals surface area contributed by atoms with Crippen molar-refractivity contribution >= 4 is 62.6 Å². The van der Waals surface area contributed by atoms with E-state index >= 15 is 0 Å². The van der Waals surface area contributed by atoms with Crippen LogP contribution in [0, 0.1) is 0 Å². The summed E-state index contributed by atoms with van der Waals surface area (Å²) >= 11 is 15.9. The van der Waals surface area contributed by atoms with Gasteiger partial charge in [0.15, 0.2) is 0 Å². The molecule has 0 aliphatic carbocycles. The van der Waals surface area contributed by atoms with Crippen molar-refractivity contribution in [2.24, 2.45) is 4.99 Å². The molecule has 0 heterocycles. The van der Waals surface area contributed by atoms with Crippen molar-refractivity contribution in [3.05, 3.63) is 85.8 Å². The van der Waals surface area contributed by atoms with Gasteiger partial charge in [0, 0.05) is 23.2 Å². The predicted octanol–water partition coefficient (Wildman–Crippen LogP) is 7.15. The molecule has 7 heteroatoms. The minimum Gasteiger partial charge on any atom is -0.506 e. The van der Waals surface area contributed by atoms with Gasteiger partial charge in [-0.25, -0.2) is 0 Å². The number of phenols is 1. The van der Waals surface area contributed by atoms with Gasteiger partial charge in [0.05, 0.1) is 20.9 Å². The molecular formula is C23H19BrCl2N2O2. The van der Waals surface area contributed by atoms with Crippen LogP contribution >= 0.6 is 39.1 Å². The highest BCUT2D eigenvalue weighted by atomic mass is 79.9. The van der Waals surface area contributed by atoms with Crippen LogP contribution in [0.3, 0.4) is 0 Å². The lowest BCUT2D eigenvalue weighted by molar-refractivity contribution is -0.115. The maximum Gasteiger partial charge on any atom is 0.224 e. The van der Waals surface area contributed by atoms with E-state index in [4.69, 9.17) is 23.2 Å². The summed E-state index contributed by atoms with van der Waals surface area (Å²) in [5.74, 6) is -0.0159. The van der Waals surface area contributed by atoms with E-state index in [1.54, 1.807) is 31.3 Å². The molecule has 2 N–H and O–H groups in total. The molecule has 0 aliphatic heterocycles. The summed E-state index contributed by atoms with van der Waals surface area (Å²) < 4.78 is 0.573. The standard InChI is InChI=1S/C23H19BrCl2N2O2/c1-2-22(29)28-21-8-7-17(12-20(21)26)27-13-16-10-14(11-18(24)23(16)30)9-15-5-3-4-6-19(15)25/h3-8,10-13,30H,2,9H2,1H3,(H,28,29). The smallest absolute Gasteiger partial charge is 0.224 e.